The fourth-order valence-corrected chi connectivity index (χ4v) is 3.89. The van der Waals surface area contributed by atoms with Crippen molar-refractivity contribution in [2.45, 2.75) is 6.92 Å². The van der Waals surface area contributed by atoms with Crippen LogP contribution in [0.3, 0.4) is 0 Å². The molecule has 2 aromatic rings. The van der Waals surface area contributed by atoms with Crippen molar-refractivity contribution in [3.05, 3.63) is 64.1 Å². The lowest BCUT2D eigenvalue weighted by atomic mass is 10.1. The predicted octanol–water partition coefficient (Wildman–Crippen LogP) is 3.27. The summed E-state index contributed by atoms with van der Waals surface area (Å²) in [5.41, 5.74) is 4.68. The molecule has 0 radical (unpaired) electrons. The first-order valence-electron chi connectivity index (χ1n) is 8.07. The van der Waals surface area contributed by atoms with Crippen LogP contribution in [0.25, 0.3) is 6.08 Å². The molecule has 1 N–H and O–H groups in total. The lowest BCUT2D eigenvalue weighted by Gasteiger charge is -2.16. The minimum absolute atomic E-state index is 0.186. The SMILES string of the molecule is Cc1ccccc1C(=O)NN1C(=O)/C(=C/c2ccc3c(c2)OCO3)SC1=S. The van der Waals surface area contributed by atoms with Gasteiger partial charge in [0, 0.05) is 5.56 Å². The summed E-state index contributed by atoms with van der Waals surface area (Å²) in [6.45, 7) is 2.02. The van der Waals surface area contributed by atoms with Crippen molar-refractivity contribution in [3.8, 4) is 11.5 Å². The van der Waals surface area contributed by atoms with E-state index >= 15 is 0 Å². The Morgan fingerprint density at radius 3 is 2.81 bits per heavy atom. The number of nitrogens with zero attached hydrogens (tertiary/aromatic N) is 1. The summed E-state index contributed by atoms with van der Waals surface area (Å²) in [7, 11) is 0. The molecule has 0 aromatic heterocycles. The smallest absolute Gasteiger partial charge is 0.285 e. The molecular weight excluding hydrogens is 384 g/mol. The van der Waals surface area contributed by atoms with E-state index in [0.717, 1.165) is 27.9 Å². The van der Waals surface area contributed by atoms with Gasteiger partial charge in [0.15, 0.2) is 15.8 Å². The number of thioether (sulfide) groups is 1. The van der Waals surface area contributed by atoms with Crippen LogP contribution >= 0.6 is 24.0 Å². The number of carbonyl (C=O) groups is 2. The largest absolute Gasteiger partial charge is 0.454 e. The highest BCUT2D eigenvalue weighted by Crippen LogP contribution is 2.36. The lowest BCUT2D eigenvalue weighted by Crippen LogP contribution is -2.45. The van der Waals surface area contributed by atoms with Gasteiger partial charge in [0.05, 0.1) is 4.91 Å². The summed E-state index contributed by atoms with van der Waals surface area (Å²) in [5.74, 6) is 0.551. The number of ether oxygens (including phenoxy) is 2. The maximum absolute atomic E-state index is 12.7. The van der Waals surface area contributed by atoms with E-state index in [1.165, 1.54) is 0 Å². The van der Waals surface area contributed by atoms with E-state index in [0.29, 0.717) is 22.0 Å². The third kappa shape index (κ3) is 3.41. The average Bonchev–Trinajstić information content (AvgIpc) is 3.22. The first-order valence-corrected chi connectivity index (χ1v) is 9.29. The van der Waals surface area contributed by atoms with Gasteiger partial charge in [-0.3, -0.25) is 15.0 Å². The molecule has 2 amide bonds. The average molecular weight is 398 g/mol. The zero-order valence-corrected chi connectivity index (χ0v) is 15.9. The maximum Gasteiger partial charge on any atom is 0.285 e. The Morgan fingerprint density at radius 2 is 2.00 bits per heavy atom. The molecule has 0 saturated carbocycles. The number of carbonyl (C=O) groups excluding carboxylic acids is 2. The van der Waals surface area contributed by atoms with Crippen LogP contribution in [0.1, 0.15) is 21.5 Å². The van der Waals surface area contributed by atoms with Crippen molar-refractivity contribution in [1.82, 2.24) is 10.4 Å². The van der Waals surface area contributed by atoms with Gasteiger partial charge in [-0.05, 0) is 54.5 Å². The molecular formula is C19H14N2O4S2. The summed E-state index contributed by atoms with van der Waals surface area (Å²) < 4.78 is 10.9. The van der Waals surface area contributed by atoms with E-state index in [4.69, 9.17) is 21.7 Å². The number of thiocarbonyl (C=S) groups is 1. The molecule has 1 saturated heterocycles. The van der Waals surface area contributed by atoms with Crippen molar-refractivity contribution < 1.29 is 19.1 Å². The van der Waals surface area contributed by atoms with E-state index < -0.39 is 0 Å². The molecule has 0 aliphatic carbocycles. The van der Waals surface area contributed by atoms with Gasteiger partial charge in [0.2, 0.25) is 6.79 Å². The molecule has 4 rings (SSSR count). The second-order valence-electron chi connectivity index (χ2n) is 5.89. The van der Waals surface area contributed by atoms with E-state index in [9.17, 15) is 9.59 Å². The Morgan fingerprint density at radius 1 is 1.22 bits per heavy atom. The minimum Gasteiger partial charge on any atom is -0.454 e. The molecule has 2 aliphatic rings. The van der Waals surface area contributed by atoms with Crippen molar-refractivity contribution >= 4 is 46.2 Å². The zero-order chi connectivity index (χ0) is 19.0. The highest BCUT2D eigenvalue weighted by atomic mass is 32.2. The lowest BCUT2D eigenvalue weighted by molar-refractivity contribution is -0.123. The first kappa shape index (κ1) is 17.6. The number of benzene rings is 2. The van der Waals surface area contributed by atoms with Gasteiger partial charge in [0.1, 0.15) is 0 Å². The Balaban J connectivity index is 1.53. The van der Waals surface area contributed by atoms with Gasteiger partial charge < -0.3 is 9.47 Å². The molecule has 0 atom stereocenters. The Hall–Kier alpha value is -2.84. The third-order valence-electron chi connectivity index (χ3n) is 4.09. The number of nitrogens with one attached hydrogen (secondary N) is 1. The second kappa shape index (κ2) is 7.05. The van der Waals surface area contributed by atoms with Crippen molar-refractivity contribution in [1.29, 1.82) is 0 Å². The Kier molecular flexibility index (Phi) is 4.59. The quantitative estimate of drug-likeness (QED) is 0.632. The molecule has 0 spiro atoms. The summed E-state index contributed by atoms with van der Waals surface area (Å²) in [6.07, 6.45) is 1.71. The number of fused-ring (bicyclic) bond motifs is 1. The van der Waals surface area contributed by atoms with E-state index in [-0.39, 0.29) is 22.9 Å². The topological polar surface area (TPSA) is 67.9 Å². The molecule has 1 fully saturated rings. The monoisotopic (exact) mass is 398 g/mol. The fraction of sp³-hybridized carbons (Fsp3) is 0.105. The van der Waals surface area contributed by atoms with E-state index in [1.807, 2.05) is 25.1 Å². The summed E-state index contributed by atoms with van der Waals surface area (Å²) >= 11 is 6.39. The number of rotatable bonds is 3. The molecule has 0 unspecified atom stereocenters. The standard InChI is InChI=1S/C19H14N2O4S2/c1-11-4-2-3-5-13(11)17(22)20-21-18(23)16(27-19(21)26)9-12-6-7-14-15(8-12)25-10-24-14/h2-9H,10H2,1H3,(H,20,22)/b16-9-. The number of hydrogen-bond donors (Lipinski definition) is 1. The molecule has 2 aromatic carbocycles. The van der Waals surface area contributed by atoms with Crippen LogP contribution in [0.15, 0.2) is 47.4 Å². The molecule has 0 bridgehead atoms. The number of hydrazine groups is 1. The molecule has 6 nitrogen and oxygen atoms in total. The first-order chi connectivity index (χ1) is 13.0. The minimum atomic E-state index is -0.381. The van der Waals surface area contributed by atoms with Crippen molar-refractivity contribution in [2.24, 2.45) is 0 Å². The summed E-state index contributed by atoms with van der Waals surface area (Å²) in [5, 5.41) is 1.10. The molecule has 2 heterocycles. The fourth-order valence-electron chi connectivity index (χ4n) is 2.71. The van der Waals surface area contributed by atoms with Crippen molar-refractivity contribution in [2.75, 3.05) is 6.79 Å². The third-order valence-corrected chi connectivity index (χ3v) is 5.39. The van der Waals surface area contributed by atoms with Gasteiger partial charge in [-0.1, -0.05) is 36.0 Å². The number of amides is 2. The van der Waals surface area contributed by atoms with Crippen LogP contribution in [0.2, 0.25) is 0 Å². The predicted molar refractivity (Wildman–Crippen MR) is 106 cm³/mol. The van der Waals surface area contributed by atoms with Gasteiger partial charge in [-0.25, -0.2) is 0 Å². The molecule has 136 valence electrons. The summed E-state index contributed by atoms with van der Waals surface area (Å²) in [4.78, 5) is 25.6. The number of aryl methyl sites for hydroxylation is 1. The van der Waals surface area contributed by atoms with Gasteiger partial charge >= 0.3 is 0 Å². The Labute approximate surface area is 165 Å². The van der Waals surface area contributed by atoms with Gasteiger partial charge in [-0.2, -0.15) is 5.01 Å². The second-order valence-corrected chi connectivity index (χ2v) is 7.56. The van der Waals surface area contributed by atoms with Crippen LogP contribution in [0.5, 0.6) is 11.5 Å². The Bertz CT molecular complexity index is 1000. The van der Waals surface area contributed by atoms with Crippen LogP contribution in [-0.4, -0.2) is 27.9 Å². The highest BCUT2D eigenvalue weighted by molar-refractivity contribution is 8.26. The maximum atomic E-state index is 12.7. The van der Waals surface area contributed by atoms with Gasteiger partial charge in [-0.15, -0.1) is 0 Å². The van der Waals surface area contributed by atoms with Crippen LogP contribution in [-0.2, 0) is 4.79 Å². The van der Waals surface area contributed by atoms with Gasteiger partial charge in [0.25, 0.3) is 11.8 Å². The van der Waals surface area contributed by atoms with Crippen molar-refractivity contribution in [3.63, 3.8) is 0 Å². The number of hydrogen-bond acceptors (Lipinski definition) is 6. The highest BCUT2D eigenvalue weighted by Gasteiger charge is 2.34. The van der Waals surface area contributed by atoms with E-state index in [1.54, 1.807) is 30.3 Å². The zero-order valence-electron chi connectivity index (χ0n) is 14.2. The molecule has 2 aliphatic heterocycles. The normalized spacial score (nSPS) is 16.9. The van der Waals surface area contributed by atoms with Crippen LogP contribution < -0.4 is 14.9 Å². The van der Waals surface area contributed by atoms with Crippen LogP contribution in [0, 0.1) is 6.92 Å². The molecule has 27 heavy (non-hydrogen) atoms. The summed E-state index contributed by atoms with van der Waals surface area (Å²) in [6, 6.07) is 12.6. The van der Waals surface area contributed by atoms with E-state index in [2.05, 4.69) is 5.43 Å². The molecule has 8 heteroatoms. The van der Waals surface area contributed by atoms with Crippen LogP contribution in [0.4, 0.5) is 0 Å².